The number of halogens is 1. The van der Waals surface area contributed by atoms with E-state index in [4.69, 9.17) is 0 Å². The monoisotopic (exact) mass is 303 g/mol. The number of aromatic nitrogens is 2. The SMILES string of the molecule is O=C(Cn1ccccc1=O)Nc1nc2ccc(F)cc2s1. The molecule has 3 aromatic rings. The van der Waals surface area contributed by atoms with Gasteiger partial charge >= 0.3 is 0 Å². The van der Waals surface area contributed by atoms with Crippen LogP contribution >= 0.6 is 11.3 Å². The molecular weight excluding hydrogens is 293 g/mol. The van der Waals surface area contributed by atoms with Gasteiger partial charge in [-0.3, -0.25) is 9.59 Å². The van der Waals surface area contributed by atoms with Crippen molar-refractivity contribution in [3.63, 3.8) is 0 Å². The van der Waals surface area contributed by atoms with Gasteiger partial charge in [0.05, 0.1) is 10.2 Å². The Morgan fingerprint density at radius 3 is 3.00 bits per heavy atom. The molecule has 1 amide bonds. The van der Waals surface area contributed by atoms with Crippen molar-refractivity contribution in [3.8, 4) is 0 Å². The highest BCUT2D eigenvalue weighted by molar-refractivity contribution is 7.22. The highest BCUT2D eigenvalue weighted by Crippen LogP contribution is 2.26. The number of carbonyl (C=O) groups is 1. The molecule has 5 nitrogen and oxygen atoms in total. The summed E-state index contributed by atoms with van der Waals surface area (Å²) in [5.41, 5.74) is 0.368. The van der Waals surface area contributed by atoms with E-state index in [-0.39, 0.29) is 23.8 Å². The molecule has 0 atom stereocenters. The lowest BCUT2D eigenvalue weighted by molar-refractivity contribution is -0.116. The highest BCUT2D eigenvalue weighted by Gasteiger charge is 2.09. The number of rotatable bonds is 3. The number of carbonyl (C=O) groups excluding carboxylic acids is 1. The van der Waals surface area contributed by atoms with Gasteiger partial charge in [-0.15, -0.1) is 0 Å². The Balaban J connectivity index is 1.77. The maximum Gasteiger partial charge on any atom is 0.250 e. The third kappa shape index (κ3) is 2.97. The van der Waals surface area contributed by atoms with Gasteiger partial charge in [0, 0.05) is 12.3 Å². The predicted octanol–water partition coefficient (Wildman–Crippen LogP) is 2.24. The van der Waals surface area contributed by atoms with Gasteiger partial charge in [-0.25, -0.2) is 9.37 Å². The van der Waals surface area contributed by atoms with Crippen molar-refractivity contribution in [2.24, 2.45) is 0 Å². The van der Waals surface area contributed by atoms with Gasteiger partial charge in [-0.05, 0) is 24.3 Å². The van der Waals surface area contributed by atoms with E-state index in [1.165, 1.54) is 40.3 Å². The van der Waals surface area contributed by atoms with Gasteiger partial charge in [-0.2, -0.15) is 0 Å². The van der Waals surface area contributed by atoms with Crippen molar-refractivity contribution in [3.05, 3.63) is 58.8 Å². The van der Waals surface area contributed by atoms with E-state index in [1.54, 1.807) is 18.2 Å². The molecule has 1 N–H and O–H groups in total. The molecule has 1 aromatic carbocycles. The first-order chi connectivity index (χ1) is 10.1. The van der Waals surface area contributed by atoms with Crippen molar-refractivity contribution in [2.45, 2.75) is 6.54 Å². The maximum absolute atomic E-state index is 13.1. The number of hydrogen-bond acceptors (Lipinski definition) is 4. The minimum Gasteiger partial charge on any atom is -0.306 e. The zero-order chi connectivity index (χ0) is 14.8. The van der Waals surface area contributed by atoms with Crippen LogP contribution in [0.3, 0.4) is 0 Å². The van der Waals surface area contributed by atoms with E-state index in [2.05, 4.69) is 10.3 Å². The first kappa shape index (κ1) is 13.4. The summed E-state index contributed by atoms with van der Waals surface area (Å²) in [6.45, 7) is -0.0933. The molecule has 0 radical (unpaired) electrons. The zero-order valence-electron chi connectivity index (χ0n) is 10.7. The Morgan fingerprint density at radius 2 is 2.19 bits per heavy atom. The fourth-order valence-corrected chi connectivity index (χ4v) is 2.76. The van der Waals surface area contributed by atoms with E-state index in [9.17, 15) is 14.0 Å². The number of nitrogens with zero attached hydrogens (tertiary/aromatic N) is 2. The number of anilines is 1. The average molecular weight is 303 g/mol. The van der Waals surface area contributed by atoms with Gasteiger partial charge in [0.1, 0.15) is 12.4 Å². The normalized spacial score (nSPS) is 10.7. The first-order valence-corrected chi connectivity index (χ1v) is 6.95. The molecule has 0 unspecified atom stereocenters. The Labute approximate surface area is 122 Å². The van der Waals surface area contributed by atoms with Crippen LogP contribution in [0, 0.1) is 5.82 Å². The molecule has 0 spiro atoms. The molecule has 21 heavy (non-hydrogen) atoms. The van der Waals surface area contributed by atoms with Crippen LogP contribution in [-0.2, 0) is 11.3 Å². The number of hydrogen-bond donors (Lipinski definition) is 1. The second kappa shape index (κ2) is 5.45. The Kier molecular flexibility index (Phi) is 3.49. The smallest absolute Gasteiger partial charge is 0.250 e. The maximum atomic E-state index is 13.1. The molecule has 0 saturated heterocycles. The highest BCUT2D eigenvalue weighted by atomic mass is 32.1. The molecule has 0 aliphatic rings. The van der Waals surface area contributed by atoms with Crippen LogP contribution in [0.4, 0.5) is 9.52 Å². The summed E-state index contributed by atoms with van der Waals surface area (Å²) in [5.74, 6) is -0.706. The molecule has 3 rings (SSSR count). The average Bonchev–Trinajstić information content (AvgIpc) is 2.82. The zero-order valence-corrected chi connectivity index (χ0v) is 11.6. The van der Waals surface area contributed by atoms with Crippen molar-refractivity contribution in [2.75, 3.05) is 5.32 Å². The number of nitrogens with one attached hydrogen (secondary N) is 1. The van der Waals surface area contributed by atoms with Crippen LogP contribution < -0.4 is 10.9 Å². The van der Waals surface area contributed by atoms with Gasteiger partial charge in [0.25, 0.3) is 5.56 Å². The molecule has 2 heterocycles. The molecular formula is C14H10FN3O2S. The number of benzene rings is 1. The lowest BCUT2D eigenvalue weighted by atomic mass is 10.3. The van der Waals surface area contributed by atoms with Crippen molar-refractivity contribution < 1.29 is 9.18 Å². The summed E-state index contributed by atoms with van der Waals surface area (Å²) in [6, 6.07) is 8.90. The van der Waals surface area contributed by atoms with E-state index in [0.29, 0.717) is 15.3 Å². The van der Waals surface area contributed by atoms with Crippen molar-refractivity contribution >= 4 is 32.6 Å². The van der Waals surface area contributed by atoms with Crippen LogP contribution in [0.2, 0.25) is 0 Å². The van der Waals surface area contributed by atoms with Crippen molar-refractivity contribution in [1.82, 2.24) is 9.55 Å². The van der Waals surface area contributed by atoms with Gasteiger partial charge in [-0.1, -0.05) is 17.4 Å². The molecule has 0 aliphatic carbocycles. The van der Waals surface area contributed by atoms with E-state index >= 15 is 0 Å². The van der Waals surface area contributed by atoms with E-state index in [0.717, 1.165) is 0 Å². The van der Waals surface area contributed by atoms with Gasteiger partial charge in [0.2, 0.25) is 5.91 Å². The summed E-state index contributed by atoms with van der Waals surface area (Å²) in [4.78, 5) is 27.6. The summed E-state index contributed by atoms with van der Waals surface area (Å²) in [6.07, 6.45) is 1.54. The topological polar surface area (TPSA) is 64.0 Å². The minimum atomic E-state index is -0.358. The Bertz CT molecular complexity index is 872. The lowest BCUT2D eigenvalue weighted by Crippen LogP contribution is -2.26. The number of thiazole rings is 1. The number of fused-ring (bicyclic) bond motifs is 1. The quantitative estimate of drug-likeness (QED) is 0.807. The number of amides is 1. The summed E-state index contributed by atoms with van der Waals surface area (Å²) < 4.78 is 15.0. The van der Waals surface area contributed by atoms with Crippen LogP contribution in [0.1, 0.15) is 0 Å². The van der Waals surface area contributed by atoms with Crippen LogP contribution in [-0.4, -0.2) is 15.5 Å². The fraction of sp³-hybridized carbons (Fsp3) is 0.0714. The Hall–Kier alpha value is -2.54. The number of pyridine rings is 1. The van der Waals surface area contributed by atoms with Crippen LogP contribution in [0.5, 0.6) is 0 Å². The molecule has 2 aromatic heterocycles. The van der Waals surface area contributed by atoms with Crippen LogP contribution in [0.15, 0.2) is 47.4 Å². The first-order valence-electron chi connectivity index (χ1n) is 6.13. The Morgan fingerprint density at radius 1 is 1.33 bits per heavy atom. The van der Waals surface area contributed by atoms with Gasteiger partial charge in [0.15, 0.2) is 5.13 Å². The molecule has 7 heteroatoms. The molecule has 0 fully saturated rings. The molecule has 0 saturated carbocycles. The van der Waals surface area contributed by atoms with Gasteiger partial charge < -0.3 is 9.88 Å². The molecule has 106 valence electrons. The lowest BCUT2D eigenvalue weighted by Gasteiger charge is -2.04. The molecule has 0 aliphatic heterocycles. The van der Waals surface area contributed by atoms with Crippen LogP contribution in [0.25, 0.3) is 10.2 Å². The fourth-order valence-electron chi connectivity index (χ4n) is 1.86. The third-order valence-corrected chi connectivity index (χ3v) is 3.74. The van der Waals surface area contributed by atoms with Crippen molar-refractivity contribution in [1.29, 1.82) is 0 Å². The third-order valence-electron chi connectivity index (χ3n) is 2.81. The summed E-state index contributed by atoms with van der Waals surface area (Å²) in [7, 11) is 0. The molecule has 0 bridgehead atoms. The second-order valence-electron chi connectivity index (χ2n) is 4.35. The minimum absolute atomic E-state index is 0.0933. The largest absolute Gasteiger partial charge is 0.306 e. The predicted molar refractivity (Wildman–Crippen MR) is 78.9 cm³/mol. The standard InChI is InChI=1S/C14H10FN3O2S/c15-9-4-5-10-11(7-9)21-14(16-10)17-12(19)8-18-6-2-1-3-13(18)20/h1-7H,8H2,(H,16,17,19). The van der Waals surface area contributed by atoms with E-state index < -0.39 is 0 Å². The second-order valence-corrected chi connectivity index (χ2v) is 5.38. The summed E-state index contributed by atoms with van der Waals surface area (Å²) in [5, 5.41) is 2.99. The summed E-state index contributed by atoms with van der Waals surface area (Å²) >= 11 is 1.18. The van der Waals surface area contributed by atoms with E-state index in [1.807, 2.05) is 0 Å².